The first kappa shape index (κ1) is 17.3. The van der Waals surface area contributed by atoms with Crippen LogP contribution in [-0.2, 0) is 4.79 Å². The van der Waals surface area contributed by atoms with Gasteiger partial charge in [0.25, 0.3) is 5.91 Å². The average molecular weight is 379 g/mol. The number of nitrogens with one attached hydrogen (secondary N) is 1. The fourth-order valence-corrected chi connectivity index (χ4v) is 3.16. The summed E-state index contributed by atoms with van der Waals surface area (Å²) in [5.74, 6) is -0.623. The minimum atomic E-state index is -0.363. The van der Waals surface area contributed by atoms with E-state index >= 15 is 0 Å². The van der Waals surface area contributed by atoms with Crippen molar-refractivity contribution in [3.63, 3.8) is 0 Å². The van der Waals surface area contributed by atoms with Crippen molar-refractivity contribution < 1.29 is 19.0 Å². The Morgan fingerprint density at radius 1 is 1.32 bits per heavy atom. The van der Waals surface area contributed by atoms with Crippen LogP contribution in [0.2, 0.25) is 5.02 Å². The topological polar surface area (TPSA) is 70.9 Å². The van der Waals surface area contributed by atoms with Gasteiger partial charge in [0.15, 0.2) is 16.7 Å². The third-order valence-electron chi connectivity index (χ3n) is 3.28. The molecule has 0 saturated carbocycles. The summed E-state index contributed by atoms with van der Waals surface area (Å²) in [6.45, 7) is 0. The van der Waals surface area contributed by atoms with Gasteiger partial charge in [0.2, 0.25) is 0 Å². The molecule has 0 atom stereocenters. The highest BCUT2D eigenvalue weighted by Gasteiger charge is 2.24. The molecule has 1 aliphatic rings. The number of hydrogen-bond acceptors (Lipinski definition) is 5. The Kier molecular flexibility index (Phi) is 4.96. The number of ether oxygens (including phenoxy) is 1. The van der Waals surface area contributed by atoms with E-state index in [1.807, 2.05) is 0 Å². The number of benzene rings is 2. The molecule has 1 aliphatic heterocycles. The number of methoxy groups -OCH3 is 1. The third-order valence-corrected chi connectivity index (χ3v) is 4.41. The fraction of sp³-hybridized carbons (Fsp3) is 0.0588. The number of hydrogen-bond donors (Lipinski definition) is 2. The van der Waals surface area contributed by atoms with E-state index in [0.29, 0.717) is 26.3 Å². The van der Waals surface area contributed by atoms with Crippen LogP contribution in [0.25, 0.3) is 6.08 Å². The predicted octanol–water partition coefficient (Wildman–Crippen LogP) is 4.08. The van der Waals surface area contributed by atoms with Crippen LogP contribution in [0, 0.1) is 5.82 Å². The number of amidine groups is 1. The number of aliphatic imine (C=N–C) groups is 1. The Bertz CT molecular complexity index is 898. The molecule has 8 heteroatoms. The molecule has 1 saturated heterocycles. The molecule has 0 aromatic heterocycles. The molecular weight excluding hydrogens is 367 g/mol. The van der Waals surface area contributed by atoms with Crippen LogP contribution in [0.3, 0.4) is 0 Å². The number of halogens is 2. The lowest BCUT2D eigenvalue weighted by Crippen LogP contribution is -2.19. The number of phenols is 1. The molecule has 128 valence electrons. The Labute approximate surface area is 152 Å². The maximum absolute atomic E-state index is 12.9. The monoisotopic (exact) mass is 378 g/mol. The van der Waals surface area contributed by atoms with E-state index in [4.69, 9.17) is 16.3 Å². The number of thioether (sulfide) groups is 1. The molecule has 1 amide bonds. The number of amides is 1. The number of carbonyl (C=O) groups is 1. The van der Waals surface area contributed by atoms with Crippen molar-refractivity contribution in [3.8, 4) is 11.5 Å². The van der Waals surface area contributed by atoms with Crippen molar-refractivity contribution in [3.05, 3.63) is 57.7 Å². The number of carbonyl (C=O) groups excluding carboxylic acids is 1. The maximum atomic E-state index is 12.9. The SMILES string of the molecule is COc1cc(Cl)cc(/C=C2/SC(=Nc3ccc(F)cc3)NC2=O)c1O. The lowest BCUT2D eigenvalue weighted by Gasteiger charge is -2.07. The minimum absolute atomic E-state index is 0.114. The predicted molar refractivity (Wildman–Crippen MR) is 96.9 cm³/mol. The highest BCUT2D eigenvalue weighted by atomic mass is 35.5. The zero-order valence-corrected chi connectivity index (χ0v) is 14.5. The van der Waals surface area contributed by atoms with Crippen molar-refractivity contribution in [2.24, 2.45) is 4.99 Å². The minimum Gasteiger partial charge on any atom is -0.504 e. The highest BCUT2D eigenvalue weighted by Crippen LogP contribution is 2.37. The number of nitrogens with zero attached hydrogens (tertiary/aromatic N) is 1. The van der Waals surface area contributed by atoms with E-state index in [9.17, 15) is 14.3 Å². The maximum Gasteiger partial charge on any atom is 0.264 e. The van der Waals surface area contributed by atoms with Gasteiger partial charge in [-0.25, -0.2) is 9.38 Å². The van der Waals surface area contributed by atoms with Crippen LogP contribution in [0.5, 0.6) is 11.5 Å². The summed E-state index contributed by atoms with van der Waals surface area (Å²) >= 11 is 7.09. The molecule has 1 fully saturated rings. The second-order valence-corrected chi connectivity index (χ2v) is 6.47. The molecule has 0 radical (unpaired) electrons. The molecule has 0 bridgehead atoms. The van der Waals surface area contributed by atoms with Crippen molar-refractivity contribution in [1.82, 2.24) is 5.32 Å². The van der Waals surface area contributed by atoms with E-state index in [-0.39, 0.29) is 23.2 Å². The number of rotatable bonds is 3. The largest absolute Gasteiger partial charge is 0.504 e. The van der Waals surface area contributed by atoms with Crippen LogP contribution in [0.1, 0.15) is 5.56 Å². The Morgan fingerprint density at radius 2 is 2.04 bits per heavy atom. The van der Waals surface area contributed by atoms with Gasteiger partial charge in [-0.3, -0.25) is 4.79 Å². The lowest BCUT2D eigenvalue weighted by molar-refractivity contribution is -0.115. The smallest absolute Gasteiger partial charge is 0.264 e. The Hall–Kier alpha value is -2.51. The second kappa shape index (κ2) is 7.16. The molecule has 3 rings (SSSR count). The zero-order valence-electron chi connectivity index (χ0n) is 12.9. The number of aromatic hydroxyl groups is 1. The van der Waals surface area contributed by atoms with E-state index in [1.54, 1.807) is 0 Å². The van der Waals surface area contributed by atoms with Gasteiger partial charge in [0.05, 0.1) is 17.7 Å². The molecule has 1 heterocycles. The first-order valence-electron chi connectivity index (χ1n) is 7.08. The average Bonchev–Trinajstić information content (AvgIpc) is 2.92. The fourth-order valence-electron chi connectivity index (χ4n) is 2.11. The van der Waals surface area contributed by atoms with Gasteiger partial charge in [-0.15, -0.1) is 0 Å². The van der Waals surface area contributed by atoms with E-state index in [0.717, 1.165) is 11.8 Å². The van der Waals surface area contributed by atoms with Gasteiger partial charge in [-0.1, -0.05) is 11.6 Å². The van der Waals surface area contributed by atoms with Gasteiger partial charge in [0, 0.05) is 16.7 Å². The highest BCUT2D eigenvalue weighted by molar-refractivity contribution is 8.18. The van der Waals surface area contributed by atoms with Crippen molar-refractivity contribution in [2.75, 3.05) is 7.11 Å². The Morgan fingerprint density at radius 3 is 2.72 bits per heavy atom. The van der Waals surface area contributed by atoms with Crippen LogP contribution in [0.4, 0.5) is 10.1 Å². The molecule has 2 aromatic carbocycles. The summed E-state index contributed by atoms with van der Waals surface area (Å²) in [5.41, 5.74) is 0.864. The van der Waals surface area contributed by atoms with Crippen molar-refractivity contribution >= 4 is 46.2 Å². The lowest BCUT2D eigenvalue weighted by atomic mass is 10.1. The zero-order chi connectivity index (χ0) is 18.0. The first-order valence-corrected chi connectivity index (χ1v) is 8.27. The standard InChI is InChI=1S/C17H12ClFN2O3S/c1-24-13-8-10(18)6-9(15(13)22)7-14-16(23)21-17(25-14)20-12-4-2-11(19)3-5-12/h2-8,22H,1H3,(H,20,21,23)/b14-7+. The molecule has 2 aromatic rings. The van der Waals surface area contributed by atoms with Crippen LogP contribution in [0.15, 0.2) is 46.3 Å². The van der Waals surface area contributed by atoms with Crippen LogP contribution >= 0.6 is 23.4 Å². The first-order chi connectivity index (χ1) is 12.0. The summed E-state index contributed by atoms with van der Waals surface area (Å²) in [4.78, 5) is 16.7. The summed E-state index contributed by atoms with van der Waals surface area (Å²) < 4.78 is 18.0. The van der Waals surface area contributed by atoms with Gasteiger partial charge in [0.1, 0.15) is 5.82 Å². The molecular formula is C17H12ClFN2O3S. The van der Waals surface area contributed by atoms with Crippen molar-refractivity contribution in [1.29, 1.82) is 0 Å². The summed E-state index contributed by atoms with van der Waals surface area (Å²) in [5, 5.41) is 13.5. The molecule has 0 spiro atoms. The Balaban J connectivity index is 1.89. The van der Waals surface area contributed by atoms with Crippen molar-refractivity contribution in [2.45, 2.75) is 0 Å². The summed E-state index contributed by atoms with van der Waals surface area (Å²) in [6, 6.07) is 8.58. The molecule has 2 N–H and O–H groups in total. The normalized spacial score (nSPS) is 17.2. The van der Waals surface area contributed by atoms with Gasteiger partial charge in [-0.05, 0) is 48.2 Å². The van der Waals surface area contributed by atoms with E-state index in [2.05, 4.69) is 10.3 Å². The molecule has 0 unspecified atom stereocenters. The quantitative estimate of drug-likeness (QED) is 0.789. The summed E-state index contributed by atoms with van der Waals surface area (Å²) in [7, 11) is 1.41. The molecule has 5 nitrogen and oxygen atoms in total. The molecule has 25 heavy (non-hydrogen) atoms. The molecule has 0 aliphatic carbocycles. The summed E-state index contributed by atoms with van der Waals surface area (Å²) in [6.07, 6.45) is 1.50. The van der Waals surface area contributed by atoms with Crippen LogP contribution < -0.4 is 10.1 Å². The van der Waals surface area contributed by atoms with E-state index in [1.165, 1.54) is 49.6 Å². The van der Waals surface area contributed by atoms with Gasteiger partial charge >= 0.3 is 0 Å². The third kappa shape index (κ3) is 3.94. The van der Waals surface area contributed by atoms with Gasteiger partial charge < -0.3 is 15.2 Å². The van der Waals surface area contributed by atoms with Crippen LogP contribution in [-0.4, -0.2) is 23.3 Å². The second-order valence-electron chi connectivity index (χ2n) is 5.00. The van der Waals surface area contributed by atoms with E-state index < -0.39 is 0 Å². The number of phenolic OH excluding ortho intramolecular Hbond substituents is 1. The van der Waals surface area contributed by atoms with Gasteiger partial charge in [-0.2, -0.15) is 0 Å².